The van der Waals surface area contributed by atoms with Gasteiger partial charge in [0.25, 0.3) is 0 Å². The summed E-state index contributed by atoms with van der Waals surface area (Å²) in [6.07, 6.45) is 2.29. The summed E-state index contributed by atoms with van der Waals surface area (Å²) in [7, 11) is -3.74. The molecule has 0 rings (SSSR count). The van der Waals surface area contributed by atoms with E-state index in [2.05, 4.69) is 33.5 Å². The molecule has 0 fully saturated rings. The van der Waals surface area contributed by atoms with E-state index in [4.69, 9.17) is 13.5 Å². The summed E-state index contributed by atoms with van der Waals surface area (Å²) < 4.78 is 17.2. The van der Waals surface area contributed by atoms with E-state index in [1.54, 1.807) is 0 Å². The van der Waals surface area contributed by atoms with E-state index in [0.717, 1.165) is 12.3 Å². The fraction of sp³-hybridized carbons (Fsp3) is 1.00. The van der Waals surface area contributed by atoms with Gasteiger partial charge in [0.15, 0.2) is 8.24 Å². The maximum Gasteiger partial charge on any atom is 0.224 e. The SMILES string of the molecule is CCOP(=N[Si](C)(C)C)(OCC)P(CC)CC. The Balaban J connectivity index is 5.48. The predicted octanol–water partition coefficient (Wildman–Crippen LogP) is 5.36. The van der Waals surface area contributed by atoms with Crippen molar-refractivity contribution in [2.45, 2.75) is 47.3 Å². The van der Waals surface area contributed by atoms with Crippen LogP contribution in [0.4, 0.5) is 0 Å². The van der Waals surface area contributed by atoms with Crippen LogP contribution < -0.4 is 0 Å². The fourth-order valence-electron chi connectivity index (χ4n) is 1.62. The smallest absolute Gasteiger partial charge is 0.224 e. The quantitative estimate of drug-likeness (QED) is 0.446. The maximum atomic E-state index is 6.08. The van der Waals surface area contributed by atoms with E-state index >= 15 is 0 Å². The van der Waals surface area contributed by atoms with Gasteiger partial charge in [0, 0.05) is 0 Å². The first-order valence-corrected chi connectivity index (χ1v) is 14.0. The van der Waals surface area contributed by atoms with E-state index in [0.29, 0.717) is 13.2 Å². The monoisotopic (exact) mass is 297 g/mol. The third-order valence-electron chi connectivity index (χ3n) is 2.11. The second-order valence-corrected chi connectivity index (χ2v) is 16.9. The van der Waals surface area contributed by atoms with Gasteiger partial charge in [-0.1, -0.05) is 13.8 Å². The summed E-state index contributed by atoms with van der Waals surface area (Å²) in [5, 5.41) is 0. The molecule has 0 amide bonds. The van der Waals surface area contributed by atoms with Crippen LogP contribution in [0.1, 0.15) is 27.7 Å². The summed E-state index contributed by atoms with van der Waals surface area (Å²) in [4.78, 5) is 0. The van der Waals surface area contributed by atoms with Crippen LogP contribution in [0.3, 0.4) is 0 Å². The van der Waals surface area contributed by atoms with Gasteiger partial charge in [-0.15, -0.1) is 0 Å². The molecule has 0 aromatic rings. The molecule has 0 saturated heterocycles. The van der Waals surface area contributed by atoms with Gasteiger partial charge < -0.3 is 9.05 Å². The first kappa shape index (κ1) is 17.8. The zero-order chi connectivity index (χ0) is 13.5. The van der Waals surface area contributed by atoms with Crippen molar-refractivity contribution in [2.75, 3.05) is 25.5 Å². The fourth-order valence-corrected chi connectivity index (χ4v) is 15.2. The largest absolute Gasteiger partial charge is 0.322 e. The molecule has 0 unspecified atom stereocenters. The molecule has 6 heteroatoms. The highest BCUT2D eigenvalue weighted by atomic mass is 32.1. The van der Waals surface area contributed by atoms with Gasteiger partial charge >= 0.3 is 0 Å². The zero-order valence-electron chi connectivity index (χ0n) is 12.5. The first-order chi connectivity index (χ1) is 7.85. The lowest BCUT2D eigenvalue weighted by atomic mass is 10.9. The third-order valence-corrected chi connectivity index (χ3v) is 14.2. The number of hydrogen-bond acceptors (Lipinski definition) is 3. The molecule has 0 aliphatic heterocycles. The Morgan fingerprint density at radius 1 is 0.941 bits per heavy atom. The van der Waals surface area contributed by atoms with Crippen LogP contribution in [0.25, 0.3) is 0 Å². The second kappa shape index (κ2) is 8.07. The summed E-state index contributed by atoms with van der Waals surface area (Å²) in [5.74, 6) is 0. The van der Waals surface area contributed by atoms with Gasteiger partial charge in [0.1, 0.15) is 0 Å². The zero-order valence-corrected chi connectivity index (χ0v) is 15.3. The molecular weight excluding hydrogens is 268 g/mol. The lowest BCUT2D eigenvalue weighted by Gasteiger charge is -2.33. The number of nitrogens with zero attached hydrogens (tertiary/aromatic N) is 1. The van der Waals surface area contributed by atoms with Crippen molar-refractivity contribution in [3.8, 4) is 0 Å². The van der Waals surface area contributed by atoms with Crippen LogP contribution in [-0.2, 0) is 9.05 Å². The third kappa shape index (κ3) is 5.98. The molecule has 0 bridgehead atoms. The predicted molar refractivity (Wildman–Crippen MR) is 83.9 cm³/mol. The Morgan fingerprint density at radius 2 is 1.35 bits per heavy atom. The molecule has 0 aromatic heterocycles. The second-order valence-electron chi connectivity index (χ2n) is 4.74. The van der Waals surface area contributed by atoms with Gasteiger partial charge in [-0.2, -0.15) is 0 Å². The first-order valence-electron chi connectivity index (χ1n) is 6.53. The molecule has 0 spiro atoms. The van der Waals surface area contributed by atoms with E-state index in [1.807, 2.05) is 13.8 Å². The average molecular weight is 297 g/mol. The lowest BCUT2D eigenvalue weighted by Crippen LogP contribution is -2.17. The van der Waals surface area contributed by atoms with Crippen molar-refractivity contribution < 1.29 is 9.05 Å². The van der Waals surface area contributed by atoms with E-state index < -0.39 is 15.4 Å². The van der Waals surface area contributed by atoms with Crippen molar-refractivity contribution in [2.24, 2.45) is 4.41 Å². The molecule has 0 aliphatic rings. The highest BCUT2D eigenvalue weighted by molar-refractivity contribution is 8.30. The number of hydrogen-bond donors (Lipinski definition) is 0. The van der Waals surface area contributed by atoms with Crippen molar-refractivity contribution in [1.82, 2.24) is 0 Å². The van der Waals surface area contributed by atoms with Crippen molar-refractivity contribution in [1.29, 1.82) is 0 Å². The maximum absolute atomic E-state index is 6.08. The molecule has 0 aliphatic carbocycles. The molecule has 0 saturated carbocycles. The average Bonchev–Trinajstić information content (AvgIpc) is 2.17. The minimum Gasteiger partial charge on any atom is -0.322 e. The normalized spacial score (nSPS) is 13.2. The molecule has 3 nitrogen and oxygen atoms in total. The summed E-state index contributed by atoms with van der Waals surface area (Å²) in [6.45, 7) is 16.8. The summed E-state index contributed by atoms with van der Waals surface area (Å²) in [5.41, 5.74) is 0. The van der Waals surface area contributed by atoms with Crippen LogP contribution in [0.5, 0.6) is 0 Å². The Kier molecular flexibility index (Phi) is 8.44. The highest BCUT2D eigenvalue weighted by Crippen LogP contribution is 2.79. The standard InChI is InChI=1S/C11H29NO2P2Si/c1-8-13-16(14-9-2,12-17(5,6)7)15(10-3)11-4/h8-11H2,1-7H3. The van der Waals surface area contributed by atoms with Gasteiger partial charge in [-0.3, -0.25) is 4.41 Å². The molecule has 17 heavy (non-hydrogen) atoms. The summed E-state index contributed by atoms with van der Waals surface area (Å²) in [6, 6.07) is 0. The van der Waals surface area contributed by atoms with Gasteiger partial charge in [-0.25, -0.2) is 0 Å². The van der Waals surface area contributed by atoms with Gasteiger partial charge in [0.2, 0.25) is 7.20 Å². The molecular formula is C11H29NO2P2Si. The minimum atomic E-state index is -1.98. The van der Waals surface area contributed by atoms with Crippen molar-refractivity contribution >= 4 is 23.0 Å². The van der Waals surface area contributed by atoms with Crippen molar-refractivity contribution in [3.05, 3.63) is 0 Å². The molecule has 0 heterocycles. The van der Waals surface area contributed by atoms with Crippen LogP contribution in [0.15, 0.2) is 4.41 Å². The van der Waals surface area contributed by atoms with E-state index in [9.17, 15) is 0 Å². The van der Waals surface area contributed by atoms with Gasteiger partial charge in [-0.05, 0) is 53.4 Å². The van der Waals surface area contributed by atoms with E-state index in [1.165, 1.54) is 0 Å². The Bertz CT molecular complexity index is 253. The topological polar surface area (TPSA) is 30.8 Å². The minimum absolute atomic E-state index is 0.245. The molecule has 0 aromatic carbocycles. The summed E-state index contributed by atoms with van der Waals surface area (Å²) >= 11 is 0. The van der Waals surface area contributed by atoms with Crippen LogP contribution >= 0.6 is 14.8 Å². The molecule has 0 atom stereocenters. The lowest BCUT2D eigenvalue weighted by molar-refractivity contribution is 0.272. The van der Waals surface area contributed by atoms with Gasteiger partial charge in [0.05, 0.1) is 13.2 Å². The van der Waals surface area contributed by atoms with Crippen LogP contribution in [0, 0.1) is 0 Å². The Morgan fingerprint density at radius 3 is 1.59 bits per heavy atom. The molecule has 0 N–H and O–H groups in total. The molecule has 104 valence electrons. The highest BCUT2D eigenvalue weighted by Gasteiger charge is 2.32. The van der Waals surface area contributed by atoms with E-state index in [-0.39, 0.29) is 7.61 Å². The van der Waals surface area contributed by atoms with Crippen molar-refractivity contribution in [3.63, 3.8) is 0 Å². The molecule has 0 radical (unpaired) electrons. The van der Waals surface area contributed by atoms with Crippen LogP contribution in [0.2, 0.25) is 19.6 Å². The Labute approximate surface area is 110 Å². The number of rotatable bonds is 8. The Hall–Kier alpha value is 0.797. The van der Waals surface area contributed by atoms with Crippen LogP contribution in [-0.4, -0.2) is 33.8 Å².